The summed E-state index contributed by atoms with van der Waals surface area (Å²) in [5, 5.41) is 4.01. The Morgan fingerprint density at radius 1 is 1.41 bits per heavy atom. The van der Waals surface area contributed by atoms with Crippen LogP contribution in [0, 0.1) is 0 Å². The maximum atomic E-state index is 12.2. The van der Waals surface area contributed by atoms with Gasteiger partial charge in [-0.3, -0.25) is 9.48 Å². The molecule has 17 heavy (non-hydrogen) atoms. The molecule has 2 aromatic rings. The summed E-state index contributed by atoms with van der Waals surface area (Å²) in [4.78, 5) is 12.2. The second-order valence-corrected chi connectivity index (χ2v) is 4.09. The molecule has 0 radical (unpaired) electrons. The van der Waals surface area contributed by atoms with Crippen molar-refractivity contribution in [1.29, 1.82) is 0 Å². The molecule has 0 amide bonds. The van der Waals surface area contributed by atoms with Crippen molar-refractivity contribution in [2.75, 3.05) is 6.61 Å². The van der Waals surface area contributed by atoms with Crippen molar-refractivity contribution in [3.05, 3.63) is 47.3 Å². The molecule has 0 saturated heterocycles. The normalized spacial score (nSPS) is 13.2. The molecule has 0 atom stereocenters. The number of benzene rings is 1. The third-order valence-electron chi connectivity index (χ3n) is 3.01. The second-order valence-electron chi connectivity index (χ2n) is 4.09. The van der Waals surface area contributed by atoms with Crippen LogP contribution in [-0.4, -0.2) is 22.2 Å². The highest BCUT2D eigenvalue weighted by Gasteiger charge is 2.17. The molecule has 86 valence electrons. The number of ether oxygens (including phenoxy) is 1. The number of fused-ring (bicyclic) bond motifs is 1. The van der Waals surface area contributed by atoms with Crippen LogP contribution < -0.4 is 4.74 Å². The van der Waals surface area contributed by atoms with Crippen LogP contribution in [0.1, 0.15) is 21.6 Å². The standard InChI is InChI=1S/C13H12N2O2/c1-15-11(4-6-14-15)13(16)10-2-3-12-9(8-10)5-7-17-12/h2-4,6,8H,5,7H2,1H3. The monoisotopic (exact) mass is 228 g/mol. The number of carbonyl (C=O) groups is 1. The van der Waals surface area contributed by atoms with E-state index in [0.717, 1.165) is 17.7 Å². The first-order chi connectivity index (χ1) is 8.25. The molecular weight excluding hydrogens is 216 g/mol. The molecule has 0 unspecified atom stereocenters. The van der Waals surface area contributed by atoms with Crippen molar-refractivity contribution in [3.8, 4) is 5.75 Å². The smallest absolute Gasteiger partial charge is 0.211 e. The minimum absolute atomic E-state index is 0.000278. The van der Waals surface area contributed by atoms with Gasteiger partial charge in [-0.2, -0.15) is 5.10 Å². The fourth-order valence-corrected chi connectivity index (χ4v) is 2.07. The molecule has 0 N–H and O–H groups in total. The molecule has 1 aromatic heterocycles. The molecule has 3 rings (SSSR count). The topological polar surface area (TPSA) is 44.1 Å². The highest BCUT2D eigenvalue weighted by Crippen LogP contribution is 2.26. The summed E-state index contributed by atoms with van der Waals surface area (Å²) < 4.78 is 7.01. The van der Waals surface area contributed by atoms with Gasteiger partial charge in [-0.1, -0.05) is 0 Å². The first kappa shape index (κ1) is 10.1. The summed E-state index contributed by atoms with van der Waals surface area (Å²) in [6, 6.07) is 7.31. The molecule has 1 aliphatic heterocycles. The lowest BCUT2D eigenvalue weighted by molar-refractivity contribution is 0.103. The van der Waals surface area contributed by atoms with Gasteiger partial charge in [0.1, 0.15) is 11.4 Å². The van der Waals surface area contributed by atoms with Crippen molar-refractivity contribution in [2.45, 2.75) is 6.42 Å². The second kappa shape index (κ2) is 3.73. The molecule has 1 aromatic carbocycles. The SMILES string of the molecule is Cn1nccc1C(=O)c1ccc2c(c1)CCO2. The number of rotatable bonds is 2. The van der Waals surface area contributed by atoms with Crippen LogP contribution >= 0.6 is 0 Å². The van der Waals surface area contributed by atoms with Crippen molar-refractivity contribution >= 4 is 5.78 Å². The molecule has 4 heteroatoms. The molecule has 0 bridgehead atoms. The summed E-state index contributed by atoms with van der Waals surface area (Å²) in [6.45, 7) is 0.707. The molecule has 0 spiro atoms. The lowest BCUT2D eigenvalue weighted by Crippen LogP contribution is -2.08. The number of nitrogens with zero attached hydrogens (tertiary/aromatic N) is 2. The van der Waals surface area contributed by atoms with Crippen LogP contribution in [0.3, 0.4) is 0 Å². The first-order valence-electron chi connectivity index (χ1n) is 5.54. The van der Waals surface area contributed by atoms with Crippen LogP contribution in [-0.2, 0) is 13.5 Å². The Balaban J connectivity index is 2.00. The summed E-state index contributed by atoms with van der Waals surface area (Å²) in [7, 11) is 1.77. The number of carbonyl (C=O) groups excluding carboxylic acids is 1. The van der Waals surface area contributed by atoms with Gasteiger partial charge in [0.05, 0.1) is 6.61 Å². The highest BCUT2D eigenvalue weighted by molar-refractivity contribution is 6.08. The predicted molar refractivity (Wildman–Crippen MR) is 62.3 cm³/mol. The average molecular weight is 228 g/mol. The zero-order valence-electron chi connectivity index (χ0n) is 9.51. The van der Waals surface area contributed by atoms with Crippen molar-refractivity contribution in [3.63, 3.8) is 0 Å². The van der Waals surface area contributed by atoms with E-state index in [9.17, 15) is 4.79 Å². The Labute approximate surface area is 98.8 Å². The Bertz CT molecular complexity index is 587. The van der Waals surface area contributed by atoms with E-state index in [0.29, 0.717) is 17.9 Å². The van der Waals surface area contributed by atoms with E-state index in [1.807, 2.05) is 12.1 Å². The van der Waals surface area contributed by atoms with Crippen molar-refractivity contribution in [2.24, 2.45) is 7.05 Å². The van der Waals surface area contributed by atoms with Gasteiger partial charge in [-0.05, 0) is 29.8 Å². The highest BCUT2D eigenvalue weighted by atomic mass is 16.5. The molecule has 4 nitrogen and oxygen atoms in total. The van der Waals surface area contributed by atoms with Gasteiger partial charge < -0.3 is 4.74 Å². The van der Waals surface area contributed by atoms with Crippen LogP contribution in [0.2, 0.25) is 0 Å². The summed E-state index contributed by atoms with van der Waals surface area (Å²) in [5.41, 5.74) is 2.40. The molecular formula is C13H12N2O2. The number of hydrogen-bond acceptors (Lipinski definition) is 3. The van der Waals surface area contributed by atoms with Crippen LogP contribution in [0.15, 0.2) is 30.5 Å². The number of hydrogen-bond donors (Lipinski definition) is 0. The van der Waals surface area contributed by atoms with E-state index in [1.54, 1.807) is 30.1 Å². The Hall–Kier alpha value is -2.10. The Kier molecular flexibility index (Phi) is 2.21. The van der Waals surface area contributed by atoms with E-state index in [-0.39, 0.29) is 5.78 Å². The van der Waals surface area contributed by atoms with Gasteiger partial charge in [0.15, 0.2) is 0 Å². The molecule has 1 aliphatic rings. The summed E-state index contributed by atoms with van der Waals surface area (Å²) >= 11 is 0. The fourth-order valence-electron chi connectivity index (χ4n) is 2.07. The zero-order chi connectivity index (χ0) is 11.8. The number of aryl methyl sites for hydroxylation is 1. The van der Waals surface area contributed by atoms with E-state index in [1.165, 1.54) is 0 Å². The van der Waals surface area contributed by atoms with Crippen LogP contribution in [0.4, 0.5) is 0 Å². The van der Waals surface area contributed by atoms with E-state index in [2.05, 4.69) is 5.10 Å². The van der Waals surface area contributed by atoms with E-state index < -0.39 is 0 Å². The summed E-state index contributed by atoms with van der Waals surface area (Å²) in [6.07, 6.45) is 2.51. The van der Waals surface area contributed by atoms with Gasteiger partial charge in [-0.25, -0.2) is 0 Å². The molecule has 2 heterocycles. The molecule has 0 fully saturated rings. The summed E-state index contributed by atoms with van der Waals surface area (Å²) in [5.74, 6) is 0.895. The third kappa shape index (κ3) is 1.62. The number of ketones is 1. The van der Waals surface area contributed by atoms with Gasteiger partial charge in [0.2, 0.25) is 5.78 Å². The maximum Gasteiger partial charge on any atom is 0.211 e. The number of aromatic nitrogens is 2. The van der Waals surface area contributed by atoms with E-state index in [4.69, 9.17) is 4.74 Å². The van der Waals surface area contributed by atoms with Gasteiger partial charge >= 0.3 is 0 Å². The first-order valence-corrected chi connectivity index (χ1v) is 5.54. The fraction of sp³-hybridized carbons (Fsp3) is 0.231. The minimum atomic E-state index is -0.000278. The predicted octanol–water partition coefficient (Wildman–Crippen LogP) is 1.59. The maximum absolute atomic E-state index is 12.2. The van der Waals surface area contributed by atoms with Crippen molar-refractivity contribution < 1.29 is 9.53 Å². The molecule has 0 aliphatic carbocycles. The van der Waals surface area contributed by atoms with Crippen LogP contribution in [0.5, 0.6) is 5.75 Å². The largest absolute Gasteiger partial charge is 0.493 e. The zero-order valence-corrected chi connectivity index (χ0v) is 9.51. The third-order valence-corrected chi connectivity index (χ3v) is 3.01. The Morgan fingerprint density at radius 3 is 3.06 bits per heavy atom. The average Bonchev–Trinajstić information content (AvgIpc) is 2.95. The quantitative estimate of drug-likeness (QED) is 0.733. The lowest BCUT2D eigenvalue weighted by Gasteiger charge is -2.03. The van der Waals surface area contributed by atoms with Gasteiger partial charge in [0.25, 0.3) is 0 Å². The Morgan fingerprint density at radius 2 is 2.29 bits per heavy atom. The van der Waals surface area contributed by atoms with Gasteiger partial charge in [0, 0.05) is 25.2 Å². The molecule has 0 saturated carbocycles. The minimum Gasteiger partial charge on any atom is -0.493 e. The van der Waals surface area contributed by atoms with Gasteiger partial charge in [-0.15, -0.1) is 0 Å². The van der Waals surface area contributed by atoms with Crippen LogP contribution in [0.25, 0.3) is 0 Å². The van der Waals surface area contributed by atoms with E-state index >= 15 is 0 Å². The lowest BCUT2D eigenvalue weighted by atomic mass is 10.0. The van der Waals surface area contributed by atoms with Crippen molar-refractivity contribution in [1.82, 2.24) is 9.78 Å².